The summed E-state index contributed by atoms with van der Waals surface area (Å²) in [4.78, 5) is 14.6. The maximum absolute atomic E-state index is 12.9. The highest BCUT2D eigenvalue weighted by Gasteiger charge is 2.16. The second kappa shape index (κ2) is 4.44. The van der Waals surface area contributed by atoms with Crippen LogP contribution in [0.2, 0.25) is 0 Å². The first kappa shape index (κ1) is 12.0. The Morgan fingerprint density at radius 2 is 2.22 bits per heavy atom. The third-order valence-electron chi connectivity index (χ3n) is 2.21. The van der Waals surface area contributed by atoms with E-state index in [1.165, 1.54) is 4.68 Å². The lowest BCUT2D eigenvalue weighted by atomic mass is 10.3. The van der Waals surface area contributed by atoms with Gasteiger partial charge in [-0.1, -0.05) is 0 Å². The van der Waals surface area contributed by atoms with Crippen LogP contribution >= 0.6 is 0 Å². The number of ether oxygens (including phenoxy) is 1. The minimum atomic E-state index is -1.31. The summed E-state index contributed by atoms with van der Waals surface area (Å²) in [5.41, 5.74) is 0.375. The highest BCUT2D eigenvalue weighted by molar-refractivity contribution is 5.90. The Hall–Kier alpha value is -2.44. The first-order chi connectivity index (χ1) is 8.47. The van der Waals surface area contributed by atoms with Crippen LogP contribution in [0.15, 0.2) is 18.3 Å². The number of carbonyl (C=O) groups is 1. The molecular formula is C11H10FN3O3. The summed E-state index contributed by atoms with van der Waals surface area (Å²) in [6.07, 6.45) is 0.894. The smallest absolute Gasteiger partial charge is 0.341 e. The molecule has 2 rings (SSSR count). The molecule has 7 heteroatoms. The van der Waals surface area contributed by atoms with Gasteiger partial charge in [0.15, 0.2) is 0 Å². The van der Waals surface area contributed by atoms with Crippen molar-refractivity contribution in [1.29, 1.82) is 0 Å². The van der Waals surface area contributed by atoms with Gasteiger partial charge in [-0.2, -0.15) is 5.10 Å². The van der Waals surface area contributed by atoms with E-state index in [1.54, 1.807) is 20.0 Å². The number of aromatic nitrogens is 3. The Balaban J connectivity index is 2.40. The summed E-state index contributed by atoms with van der Waals surface area (Å²) in [7, 11) is 1.65. The van der Waals surface area contributed by atoms with Crippen molar-refractivity contribution in [3.8, 4) is 11.8 Å². The van der Waals surface area contributed by atoms with Gasteiger partial charge in [-0.25, -0.2) is 18.9 Å². The number of carboxylic acid groups (broad SMARTS) is 1. The lowest BCUT2D eigenvalue weighted by Gasteiger charge is -2.06. The van der Waals surface area contributed by atoms with E-state index in [9.17, 15) is 9.18 Å². The molecule has 0 unspecified atom stereocenters. The predicted molar refractivity (Wildman–Crippen MR) is 59.2 cm³/mol. The maximum Gasteiger partial charge on any atom is 0.341 e. The van der Waals surface area contributed by atoms with E-state index in [2.05, 4.69) is 10.1 Å². The van der Waals surface area contributed by atoms with Crippen LogP contribution in [0, 0.1) is 12.7 Å². The monoisotopic (exact) mass is 251 g/mol. The van der Waals surface area contributed by atoms with Gasteiger partial charge < -0.3 is 9.84 Å². The van der Waals surface area contributed by atoms with Crippen LogP contribution in [-0.2, 0) is 7.05 Å². The first-order valence-electron chi connectivity index (χ1n) is 5.04. The first-order valence-corrected chi connectivity index (χ1v) is 5.04. The number of aromatic carboxylic acids is 1. The van der Waals surface area contributed by atoms with Gasteiger partial charge in [0.05, 0.1) is 11.9 Å². The molecule has 2 aromatic heterocycles. The van der Waals surface area contributed by atoms with Crippen LogP contribution in [0.5, 0.6) is 11.8 Å². The number of hydrogen-bond donors (Lipinski definition) is 1. The second-order valence-corrected chi connectivity index (χ2v) is 3.66. The van der Waals surface area contributed by atoms with Crippen molar-refractivity contribution < 1.29 is 19.0 Å². The van der Waals surface area contributed by atoms with Gasteiger partial charge in [-0.05, 0) is 13.0 Å². The van der Waals surface area contributed by atoms with E-state index in [0.717, 1.165) is 12.3 Å². The lowest BCUT2D eigenvalue weighted by Crippen LogP contribution is -2.04. The molecule has 2 aromatic rings. The molecule has 0 radical (unpaired) electrons. The summed E-state index contributed by atoms with van der Waals surface area (Å²) < 4.78 is 19.7. The molecule has 6 nitrogen and oxygen atoms in total. The average Bonchev–Trinajstić information content (AvgIpc) is 2.60. The largest absolute Gasteiger partial charge is 0.477 e. The molecule has 0 saturated heterocycles. The van der Waals surface area contributed by atoms with E-state index in [0.29, 0.717) is 11.6 Å². The van der Waals surface area contributed by atoms with Gasteiger partial charge in [0.2, 0.25) is 11.8 Å². The highest BCUT2D eigenvalue weighted by Crippen LogP contribution is 2.23. The molecule has 0 spiro atoms. The van der Waals surface area contributed by atoms with Crippen molar-refractivity contribution in [2.45, 2.75) is 6.92 Å². The molecule has 0 bridgehead atoms. The van der Waals surface area contributed by atoms with Gasteiger partial charge in [0.25, 0.3) is 0 Å². The molecule has 0 fully saturated rings. The molecular weight excluding hydrogens is 241 g/mol. The molecule has 94 valence electrons. The predicted octanol–water partition coefficient (Wildman–Crippen LogP) is 1.75. The van der Waals surface area contributed by atoms with Crippen LogP contribution in [0.4, 0.5) is 4.39 Å². The summed E-state index contributed by atoms with van der Waals surface area (Å²) in [5, 5.41) is 13.0. The number of aryl methyl sites for hydroxylation is 2. The minimum absolute atomic E-state index is 0.174. The third-order valence-corrected chi connectivity index (χ3v) is 2.21. The molecule has 0 aliphatic heterocycles. The summed E-state index contributed by atoms with van der Waals surface area (Å²) in [5.74, 6) is -1.89. The van der Waals surface area contributed by atoms with Crippen molar-refractivity contribution in [2.24, 2.45) is 7.05 Å². The minimum Gasteiger partial charge on any atom is -0.477 e. The van der Waals surface area contributed by atoms with E-state index in [1.807, 2.05) is 0 Å². The Morgan fingerprint density at radius 1 is 1.50 bits per heavy atom. The molecule has 0 aliphatic carbocycles. The van der Waals surface area contributed by atoms with Crippen LogP contribution in [0.3, 0.4) is 0 Å². The van der Waals surface area contributed by atoms with E-state index in [-0.39, 0.29) is 11.4 Å². The molecule has 0 atom stereocenters. The molecule has 18 heavy (non-hydrogen) atoms. The normalized spacial score (nSPS) is 10.4. The zero-order valence-electron chi connectivity index (χ0n) is 9.72. The van der Waals surface area contributed by atoms with Gasteiger partial charge in [-0.3, -0.25) is 0 Å². The summed E-state index contributed by atoms with van der Waals surface area (Å²) >= 11 is 0. The zero-order valence-corrected chi connectivity index (χ0v) is 9.72. The van der Waals surface area contributed by atoms with Gasteiger partial charge in [0, 0.05) is 13.1 Å². The second-order valence-electron chi connectivity index (χ2n) is 3.66. The maximum atomic E-state index is 12.9. The number of carboxylic acids is 1. The Kier molecular flexibility index (Phi) is 2.97. The highest BCUT2D eigenvalue weighted by atomic mass is 19.1. The Morgan fingerprint density at radius 3 is 2.78 bits per heavy atom. The molecule has 0 amide bonds. The topological polar surface area (TPSA) is 77.2 Å². The fourth-order valence-corrected chi connectivity index (χ4v) is 1.44. The molecule has 1 N–H and O–H groups in total. The van der Waals surface area contributed by atoms with Gasteiger partial charge in [-0.15, -0.1) is 0 Å². The Bertz CT molecular complexity index is 610. The molecule has 0 aromatic carbocycles. The van der Waals surface area contributed by atoms with Crippen molar-refractivity contribution in [1.82, 2.24) is 14.8 Å². The molecule has 2 heterocycles. The number of halogens is 1. The van der Waals surface area contributed by atoms with Crippen LogP contribution in [0.1, 0.15) is 16.1 Å². The average molecular weight is 251 g/mol. The third kappa shape index (κ3) is 2.29. The van der Waals surface area contributed by atoms with E-state index < -0.39 is 11.8 Å². The number of pyridine rings is 1. The number of rotatable bonds is 3. The standard InChI is InChI=1S/C11H10FN3O3/c1-6-3-9(15(2)14-6)18-10-8(11(16)17)4-7(12)5-13-10/h3-5H,1-2H3,(H,16,17). The summed E-state index contributed by atoms with van der Waals surface area (Å²) in [6.45, 7) is 1.77. The SMILES string of the molecule is Cc1cc(Oc2ncc(F)cc2C(=O)O)n(C)n1. The summed E-state index contributed by atoms with van der Waals surface area (Å²) in [6, 6.07) is 2.48. The fourth-order valence-electron chi connectivity index (χ4n) is 1.44. The van der Waals surface area contributed by atoms with Crippen molar-refractivity contribution in [3.63, 3.8) is 0 Å². The van der Waals surface area contributed by atoms with Crippen LogP contribution < -0.4 is 4.74 Å². The number of nitrogens with zero attached hydrogens (tertiary/aromatic N) is 3. The number of hydrogen-bond acceptors (Lipinski definition) is 4. The molecule has 0 saturated carbocycles. The van der Waals surface area contributed by atoms with Crippen LogP contribution in [0.25, 0.3) is 0 Å². The van der Waals surface area contributed by atoms with E-state index >= 15 is 0 Å². The van der Waals surface area contributed by atoms with Gasteiger partial charge in [0.1, 0.15) is 11.4 Å². The lowest BCUT2D eigenvalue weighted by molar-refractivity contribution is 0.0692. The quantitative estimate of drug-likeness (QED) is 0.899. The van der Waals surface area contributed by atoms with Crippen LogP contribution in [-0.4, -0.2) is 25.8 Å². The van der Waals surface area contributed by atoms with Crippen molar-refractivity contribution in [2.75, 3.05) is 0 Å². The molecule has 0 aliphatic rings. The Labute approximate surface area is 102 Å². The zero-order chi connectivity index (χ0) is 13.3. The fraction of sp³-hybridized carbons (Fsp3) is 0.182. The van der Waals surface area contributed by atoms with E-state index in [4.69, 9.17) is 9.84 Å². The van der Waals surface area contributed by atoms with Crippen molar-refractivity contribution in [3.05, 3.63) is 35.4 Å². The van der Waals surface area contributed by atoms with Gasteiger partial charge >= 0.3 is 5.97 Å². The van der Waals surface area contributed by atoms with Crippen molar-refractivity contribution >= 4 is 5.97 Å².